The number of nitrogens with one attached hydrogen (secondary N) is 1. The number of nitrogens with two attached hydrogens (primary N) is 1. The summed E-state index contributed by atoms with van der Waals surface area (Å²) in [7, 11) is 1.70. The van der Waals surface area contributed by atoms with Gasteiger partial charge in [-0.3, -0.25) is 14.5 Å². The van der Waals surface area contributed by atoms with Gasteiger partial charge in [-0.15, -0.1) is 12.4 Å². The molecule has 2 aliphatic rings. The summed E-state index contributed by atoms with van der Waals surface area (Å²) < 4.78 is 0. The molecule has 2 atom stereocenters. The van der Waals surface area contributed by atoms with Crippen molar-refractivity contribution in [3.63, 3.8) is 0 Å². The van der Waals surface area contributed by atoms with Gasteiger partial charge in [0.15, 0.2) is 0 Å². The molecule has 1 saturated heterocycles. The molecule has 0 aromatic carbocycles. The number of likely N-dealkylation sites (N-methyl/N-ethyl adjacent to an activating group) is 1. The first-order valence-electron chi connectivity index (χ1n) is 8.24. The smallest absolute Gasteiger partial charge is 0.239 e. The van der Waals surface area contributed by atoms with E-state index in [-0.39, 0.29) is 48.3 Å². The summed E-state index contributed by atoms with van der Waals surface area (Å²) in [5.41, 5.74) is 6.16. The van der Waals surface area contributed by atoms with E-state index in [4.69, 9.17) is 5.73 Å². The first-order chi connectivity index (χ1) is 10.2. The summed E-state index contributed by atoms with van der Waals surface area (Å²) in [6, 6.07) is 0.288. The monoisotopic (exact) mass is 346 g/mol. The van der Waals surface area contributed by atoms with E-state index in [9.17, 15) is 9.59 Å². The second-order valence-electron chi connectivity index (χ2n) is 7.57. The second-order valence-corrected chi connectivity index (χ2v) is 7.57. The Morgan fingerprint density at radius 2 is 1.96 bits per heavy atom. The standard InChI is InChI=1S/C16H30N4O2.ClH/c1-11(20-8-7-13(17)16(2,3)10-20)15(22)19(4)9-14(21)18-12-5-6-12;/h11-13H,5-10,17H2,1-4H3,(H,18,21);1H. The van der Waals surface area contributed by atoms with Crippen molar-refractivity contribution in [2.24, 2.45) is 11.1 Å². The number of amides is 2. The van der Waals surface area contributed by atoms with Gasteiger partial charge in [0, 0.05) is 32.2 Å². The summed E-state index contributed by atoms with van der Waals surface area (Å²) in [5, 5.41) is 2.91. The maximum absolute atomic E-state index is 12.5. The average molecular weight is 347 g/mol. The fourth-order valence-electron chi connectivity index (χ4n) is 3.02. The lowest BCUT2D eigenvalue weighted by Crippen LogP contribution is -2.57. The lowest BCUT2D eigenvalue weighted by Gasteiger charge is -2.45. The van der Waals surface area contributed by atoms with Gasteiger partial charge in [-0.1, -0.05) is 13.8 Å². The van der Waals surface area contributed by atoms with E-state index < -0.39 is 0 Å². The van der Waals surface area contributed by atoms with E-state index in [1.165, 1.54) is 4.90 Å². The van der Waals surface area contributed by atoms with Crippen molar-refractivity contribution in [3.8, 4) is 0 Å². The molecule has 6 nitrogen and oxygen atoms in total. The summed E-state index contributed by atoms with van der Waals surface area (Å²) >= 11 is 0. The first-order valence-corrected chi connectivity index (χ1v) is 8.24. The molecule has 0 spiro atoms. The molecular formula is C16H31ClN4O2. The van der Waals surface area contributed by atoms with Gasteiger partial charge in [0.25, 0.3) is 0 Å². The van der Waals surface area contributed by atoms with Gasteiger partial charge < -0.3 is 16.0 Å². The number of likely N-dealkylation sites (tertiary alicyclic amines) is 1. The summed E-state index contributed by atoms with van der Waals surface area (Å²) in [6.07, 6.45) is 3.02. The lowest BCUT2D eigenvalue weighted by molar-refractivity contribution is -0.139. The van der Waals surface area contributed by atoms with Gasteiger partial charge in [-0.05, 0) is 31.6 Å². The van der Waals surface area contributed by atoms with Crippen molar-refractivity contribution in [2.75, 3.05) is 26.7 Å². The molecule has 2 fully saturated rings. The third kappa shape index (κ3) is 5.33. The van der Waals surface area contributed by atoms with Crippen molar-refractivity contribution in [1.82, 2.24) is 15.1 Å². The van der Waals surface area contributed by atoms with Crippen LogP contribution in [0, 0.1) is 5.41 Å². The van der Waals surface area contributed by atoms with Gasteiger partial charge in [-0.25, -0.2) is 0 Å². The normalized spacial score (nSPS) is 25.2. The Bertz CT molecular complexity index is 440. The first kappa shape index (κ1) is 20.2. The number of nitrogens with zero attached hydrogens (tertiary/aromatic N) is 2. The minimum absolute atomic E-state index is 0. The number of carbonyl (C=O) groups excluding carboxylic acids is 2. The SMILES string of the molecule is CC(C(=O)N(C)CC(=O)NC1CC1)N1CCC(N)C(C)(C)C1.Cl. The predicted molar refractivity (Wildman–Crippen MR) is 93.5 cm³/mol. The molecule has 3 N–H and O–H groups in total. The lowest BCUT2D eigenvalue weighted by atomic mass is 9.79. The largest absolute Gasteiger partial charge is 0.352 e. The maximum atomic E-state index is 12.5. The van der Waals surface area contributed by atoms with Crippen LogP contribution < -0.4 is 11.1 Å². The van der Waals surface area contributed by atoms with Crippen molar-refractivity contribution in [2.45, 2.75) is 58.2 Å². The third-order valence-electron chi connectivity index (χ3n) is 4.95. The molecule has 23 heavy (non-hydrogen) atoms. The fraction of sp³-hybridized carbons (Fsp3) is 0.875. The van der Waals surface area contributed by atoms with Crippen LogP contribution in [-0.2, 0) is 9.59 Å². The maximum Gasteiger partial charge on any atom is 0.239 e. The predicted octanol–water partition coefficient (Wildman–Crippen LogP) is 0.593. The highest BCUT2D eigenvalue weighted by Gasteiger charge is 2.37. The van der Waals surface area contributed by atoms with Gasteiger partial charge in [0.1, 0.15) is 0 Å². The Morgan fingerprint density at radius 3 is 2.48 bits per heavy atom. The molecule has 7 heteroatoms. The van der Waals surface area contributed by atoms with E-state index in [0.29, 0.717) is 6.04 Å². The number of carbonyl (C=O) groups is 2. The van der Waals surface area contributed by atoms with Crippen LogP contribution >= 0.6 is 12.4 Å². The molecule has 2 unspecified atom stereocenters. The van der Waals surface area contributed by atoms with E-state index in [0.717, 1.165) is 32.4 Å². The van der Waals surface area contributed by atoms with Gasteiger partial charge in [0.05, 0.1) is 12.6 Å². The summed E-state index contributed by atoms with van der Waals surface area (Å²) in [4.78, 5) is 28.1. The Kier molecular flexibility index (Phi) is 6.86. The second kappa shape index (κ2) is 7.81. The van der Waals surface area contributed by atoms with Crippen molar-refractivity contribution < 1.29 is 9.59 Å². The number of piperidine rings is 1. The zero-order chi connectivity index (χ0) is 16.5. The minimum Gasteiger partial charge on any atom is -0.352 e. The van der Waals surface area contributed by atoms with Crippen LogP contribution in [0.1, 0.15) is 40.0 Å². The molecule has 1 aliphatic heterocycles. The average Bonchev–Trinajstić information content (AvgIpc) is 3.23. The molecule has 0 aromatic rings. The van der Waals surface area contributed by atoms with Gasteiger partial charge in [0.2, 0.25) is 11.8 Å². The van der Waals surface area contributed by atoms with Crippen LogP contribution in [0.2, 0.25) is 0 Å². The summed E-state index contributed by atoms with van der Waals surface area (Å²) in [5.74, 6) is -0.0660. The summed E-state index contributed by atoms with van der Waals surface area (Å²) in [6.45, 7) is 7.99. The van der Waals surface area contributed by atoms with Crippen LogP contribution in [0.15, 0.2) is 0 Å². The minimum atomic E-state index is -0.217. The van der Waals surface area contributed by atoms with Crippen LogP contribution in [0.3, 0.4) is 0 Å². The molecule has 2 amide bonds. The van der Waals surface area contributed by atoms with Crippen LogP contribution in [0.4, 0.5) is 0 Å². The van der Waals surface area contributed by atoms with Crippen molar-refractivity contribution in [3.05, 3.63) is 0 Å². The van der Waals surface area contributed by atoms with E-state index in [1.807, 2.05) is 6.92 Å². The number of hydrogen-bond acceptors (Lipinski definition) is 4. The zero-order valence-corrected chi connectivity index (χ0v) is 15.5. The van der Waals surface area contributed by atoms with Crippen molar-refractivity contribution in [1.29, 1.82) is 0 Å². The van der Waals surface area contributed by atoms with E-state index in [1.54, 1.807) is 7.05 Å². The van der Waals surface area contributed by atoms with Crippen LogP contribution in [0.25, 0.3) is 0 Å². The molecule has 0 aromatic heterocycles. The Labute approximate surface area is 145 Å². The number of rotatable bonds is 5. The number of hydrogen-bond donors (Lipinski definition) is 2. The molecule has 1 saturated carbocycles. The zero-order valence-electron chi connectivity index (χ0n) is 14.7. The molecule has 1 aliphatic carbocycles. The Morgan fingerprint density at radius 1 is 1.35 bits per heavy atom. The highest BCUT2D eigenvalue weighted by atomic mass is 35.5. The molecule has 0 bridgehead atoms. The molecule has 1 heterocycles. The molecular weight excluding hydrogens is 316 g/mol. The van der Waals surface area contributed by atoms with E-state index >= 15 is 0 Å². The van der Waals surface area contributed by atoms with Crippen LogP contribution in [-0.4, -0.2) is 66.4 Å². The quantitative estimate of drug-likeness (QED) is 0.763. The van der Waals surface area contributed by atoms with Gasteiger partial charge >= 0.3 is 0 Å². The molecule has 2 rings (SSSR count). The number of halogens is 1. The van der Waals surface area contributed by atoms with Gasteiger partial charge in [-0.2, -0.15) is 0 Å². The third-order valence-corrected chi connectivity index (χ3v) is 4.95. The Hall–Kier alpha value is -0.850. The topological polar surface area (TPSA) is 78.7 Å². The molecule has 134 valence electrons. The van der Waals surface area contributed by atoms with E-state index in [2.05, 4.69) is 24.1 Å². The van der Waals surface area contributed by atoms with Crippen molar-refractivity contribution >= 4 is 24.2 Å². The highest BCUT2D eigenvalue weighted by molar-refractivity contribution is 5.87. The highest BCUT2D eigenvalue weighted by Crippen LogP contribution is 2.29. The Balaban J connectivity index is 0.00000264. The van der Waals surface area contributed by atoms with Crippen LogP contribution in [0.5, 0.6) is 0 Å². The fourth-order valence-corrected chi connectivity index (χ4v) is 3.02. The molecule has 0 radical (unpaired) electrons.